The van der Waals surface area contributed by atoms with Gasteiger partial charge in [0.25, 0.3) is 0 Å². The first-order valence-electron chi connectivity index (χ1n) is 4.14. The van der Waals surface area contributed by atoms with Crippen LogP contribution >= 0.6 is 23.2 Å². The zero-order chi connectivity index (χ0) is 9.97. The number of benzene rings is 1. The van der Waals surface area contributed by atoms with E-state index in [1.165, 1.54) is 0 Å². The van der Waals surface area contributed by atoms with E-state index in [0.717, 1.165) is 11.3 Å². The molecule has 0 amide bonds. The number of nitrogens with zero attached hydrogens (tertiary/aromatic N) is 1. The molecular formula is C11H7Cl2N. The minimum Gasteiger partial charge on any atom is -0.255 e. The van der Waals surface area contributed by atoms with Gasteiger partial charge in [0.1, 0.15) is 0 Å². The van der Waals surface area contributed by atoms with Gasteiger partial charge in [-0.05, 0) is 24.3 Å². The summed E-state index contributed by atoms with van der Waals surface area (Å²) in [5.41, 5.74) is 1.76. The highest BCUT2D eigenvalue weighted by molar-refractivity contribution is 6.33. The molecule has 0 spiro atoms. The first kappa shape index (κ1) is 9.50. The fourth-order valence-corrected chi connectivity index (χ4v) is 1.56. The Morgan fingerprint density at radius 3 is 2.29 bits per heavy atom. The molecule has 14 heavy (non-hydrogen) atoms. The molecule has 0 radical (unpaired) electrons. The number of rotatable bonds is 1. The lowest BCUT2D eigenvalue weighted by molar-refractivity contribution is 1.33. The smallest absolute Gasteiger partial charge is 0.0888 e. The Labute approximate surface area is 92.3 Å². The van der Waals surface area contributed by atoms with Gasteiger partial charge >= 0.3 is 0 Å². The van der Waals surface area contributed by atoms with Crippen LogP contribution in [0.25, 0.3) is 11.3 Å². The van der Waals surface area contributed by atoms with Crippen molar-refractivity contribution in [3.05, 3.63) is 52.6 Å². The summed E-state index contributed by atoms with van der Waals surface area (Å²) >= 11 is 11.8. The first-order chi connectivity index (χ1) is 6.77. The van der Waals surface area contributed by atoms with Crippen molar-refractivity contribution in [1.29, 1.82) is 0 Å². The molecule has 0 aliphatic heterocycles. The van der Waals surface area contributed by atoms with E-state index in [9.17, 15) is 0 Å². The first-order valence-corrected chi connectivity index (χ1v) is 4.89. The maximum absolute atomic E-state index is 6.00. The summed E-state index contributed by atoms with van der Waals surface area (Å²) in [5.74, 6) is 0. The van der Waals surface area contributed by atoms with Crippen LogP contribution in [0.3, 0.4) is 0 Å². The standard InChI is InChI=1S/C11H7Cl2N/c12-9-5-3-8(4-6-9)11-10(13)2-1-7-14-11/h1-7H. The monoisotopic (exact) mass is 223 g/mol. The molecular weight excluding hydrogens is 217 g/mol. The van der Waals surface area contributed by atoms with E-state index in [-0.39, 0.29) is 0 Å². The van der Waals surface area contributed by atoms with Gasteiger partial charge < -0.3 is 0 Å². The van der Waals surface area contributed by atoms with E-state index in [2.05, 4.69) is 4.98 Å². The summed E-state index contributed by atoms with van der Waals surface area (Å²) in [4.78, 5) is 4.20. The van der Waals surface area contributed by atoms with E-state index in [4.69, 9.17) is 23.2 Å². The maximum Gasteiger partial charge on any atom is 0.0888 e. The van der Waals surface area contributed by atoms with Gasteiger partial charge in [-0.2, -0.15) is 0 Å². The molecule has 0 saturated carbocycles. The highest BCUT2D eigenvalue weighted by Crippen LogP contribution is 2.25. The zero-order valence-corrected chi connectivity index (χ0v) is 8.76. The second kappa shape index (κ2) is 3.99. The van der Waals surface area contributed by atoms with Gasteiger partial charge in [0.15, 0.2) is 0 Å². The van der Waals surface area contributed by atoms with E-state index in [1.54, 1.807) is 6.20 Å². The number of hydrogen-bond acceptors (Lipinski definition) is 1. The third-order valence-corrected chi connectivity index (χ3v) is 2.43. The van der Waals surface area contributed by atoms with E-state index >= 15 is 0 Å². The van der Waals surface area contributed by atoms with Gasteiger partial charge in [0.2, 0.25) is 0 Å². The number of pyridine rings is 1. The van der Waals surface area contributed by atoms with Gasteiger partial charge in [-0.1, -0.05) is 35.3 Å². The summed E-state index contributed by atoms with van der Waals surface area (Å²) < 4.78 is 0. The molecule has 1 aromatic carbocycles. The lowest BCUT2D eigenvalue weighted by Gasteiger charge is -2.02. The topological polar surface area (TPSA) is 12.9 Å². The minimum absolute atomic E-state index is 0.648. The van der Waals surface area contributed by atoms with E-state index < -0.39 is 0 Å². The molecule has 0 atom stereocenters. The lowest BCUT2D eigenvalue weighted by atomic mass is 10.1. The van der Waals surface area contributed by atoms with Crippen molar-refractivity contribution >= 4 is 23.2 Å². The molecule has 0 aliphatic rings. The summed E-state index contributed by atoms with van der Waals surface area (Å²) in [7, 11) is 0. The molecule has 70 valence electrons. The van der Waals surface area contributed by atoms with Crippen LogP contribution in [-0.2, 0) is 0 Å². The fourth-order valence-electron chi connectivity index (χ4n) is 1.21. The average molecular weight is 224 g/mol. The maximum atomic E-state index is 6.00. The number of halogens is 2. The predicted molar refractivity (Wildman–Crippen MR) is 59.7 cm³/mol. The molecule has 2 rings (SSSR count). The third kappa shape index (κ3) is 1.89. The quantitative estimate of drug-likeness (QED) is 0.711. The van der Waals surface area contributed by atoms with Crippen LogP contribution in [0.5, 0.6) is 0 Å². The van der Waals surface area contributed by atoms with Crippen molar-refractivity contribution in [2.75, 3.05) is 0 Å². The Morgan fingerprint density at radius 2 is 1.64 bits per heavy atom. The predicted octanol–water partition coefficient (Wildman–Crippen LogP) is 4.06. The molecule has 1 heterocycles. The summed E-state index contributed by atoms with van der Waals surface area (Å²) in [6.07, 6.45) is 1.72. The molecule has 0 N–H and O–H groups in total. The van der Waals surface area contributed by atoms with Crippen molar-refractivity contribution in [1.82, 2.24) is 4.98 Å². The van der Waals surface area contributed by atoms with Crippen molar-refractivity contribution in [2.24, 2.45) is 0 Å². The Bertz CT molecular complexity index is 437. The normalized spacial score (nSPS) is 10.1. The third-order valence-electron chi connectivity index (χ3n) is 1.88. The van der Waals surface area contributed by atoms with Crippen LogP contribution in [-0.4, -0.2) is 4.98 Å². The summed E-state index contributed by atoms with van der Waals surface area (Å²) in [6, 6.07) is 11.1. The molecule has 0 fully saturated rings. The SMILES string of the molecule is Clc1ccc(-c2ncccc2Cl)cc1. The Balaban J connectivity index is 2.50. The van der Waals surface area contributed by atoms with Crippen molar-refractivity contribution in [3.63, 3.8) is 0 Å². The van der Waals surface area contributed by atoms with Gasteiger partial charge in [-0.25, -0.2) is 0 Å². The van der Waals surface area contributed by atoms with Gasteiger partial charge in [-0.15, -0.1) is 0 Å². The Kier molecular flexibility index (Phi) is 2.71. The van der Waals surface area contributed by atoms with Crippen LogP contribution < -0.4 is 0 Å². The lowest BCUT2D eigenvalue weighted by Crippen LogP contribution is -1.83. The van der Waals surface area contributed by atoms with Gasteiger partial charge in [0, 0.05) is 16.8 Å². The van der Waals surface area contributed by atoms with Gasteiger partial charge in [0.05, 0.1) is 10.7 Å². The largest absolute Gasteiger partial charge is 0.255 e. The molecule has 0 unspecified atom stereocenters. The fraction of sp³-hybridized carbons (Fsp3) is 0. The second-order valence-corrected chi connectivity index (χ2v) is 3.68. The van der Waals surface area contributed by atoms with Crippen molar-refractivity contribution in [3.8, 4) is 11.3 Å². The van der Waals surface area contributed by atoms with Gasteiger partial charge in [-0.3, -0.25) is 4.98 Å². The molecule has 1 aromatic heterocycles. The zero-order valence-electron chi connectivity index (χ0n) is 7.24. The minimum atomic E-state index is 0.648. The second-order valence-electron chi connectivity index (χ2n) is 2.84. The van der Waals surface area contributed by atoms with E-state index in [1.807, 2.05) is 36.4 Å². The van der Waals surface area contributed by atoms with Crippen molar-refractivity contribution in [2.45, 2.75) is 0 Å². The van der Waals surface area contributed by atoms with Crippen molar-refractivity contribution < 1.29 is 0 Å². The molecule has 3 heteroatoms. The molecule has 0 bridgehead atoms. The van der Waals surface area contributed by atoms with Crippen LogP contribution in [0.2, 0.25) is 10.0 Å². The van der Waals surface area contributed by atoms with E-state index in [0.29, 0.717) is 10.0 Å². The highest BCUT2D eigenvalue weighted by atomic mass is 35.5. The molecule has 0 aliphatic carbocycles. The molecule has 0 saturated heterocycles. The summed E-state index contributed by atoms with van der Waals surface area (Å²) in [5, 5.41) is 1.36. The average Bonchev–Trinajstić information content (AvgIpc) is 2.20. The van der Waals surface area contributed by atoms with Crippen LogP contribution in [0.15, 0.2) is 42.6 Å². The molecule has 1 nitrogen and oxygen atoms in total. The highest BCUT2D eigenvalue weighted by Gasteiger charge is 2.02. The van der Waals surface area contributed by atoms with Crippen LogP contribution in [0.1, 0.15) is 0 Å². The number of aromatic nitrogens is 1. The van der Waals surface area contributed by atoms with Crippen LogP contribution in [0.4, 0.5) is 0 Å². The molecule has 2 aromatic rings. The summed E-state index contributed by atoms with van der Waals surface area (Å²) in [6.45, 7) is 0. The van der Waals surface area contributed by atoms with Crippen LogP contribution in [0, 0.1) is 0 Å². The Hall–Kier alpha value is -1.05. The number of hydrogen-bond donors (Lipinski definition) is 0. The Morgan fingerprint density at radius 1 is 0.929 bits per heavy atom.